The van der Waals surface area contributed by atoms with Crippen LogP contribution in [0.1, 0.15) is 1.43 Å². The third kappa shape index (κ3) is 59.6. The molecule has 0 radical (unpaired) electrons. The van der Waals surface area contributed by atoms with Crippen LogP contribution in [-0.4, -0.2) is 19.6 Å². The summed E-state index contributed by atoms with van der Waals surface area (Å²) in [5, 5.41) is 0. The predicted molar refractivity (Wildman–Crippen MR) is 16.9 cm³/mol. The van der Waals surface area contributed by atoms with Crippen molar-refractivity contribution in [1.82, 2.24) is 0 Å². The van der Waals surface area contributed by atoms with E-state index in [1.54, 1.807) is 0 Å². The molecule has 0 aliphatic heterocycles. The van der Waals surface area contributed by atoms with Gasteiger partial charge in [0.25, 0.3) is 0 Å². The van der Waals surface area contributed by atoms with E-state index >= 15 is 0 Å². The summed E-state index contributed by atoms with van der Waals surface area (Å²) in [4.78, 5) is 29.2. The van der Waals surface area contributed by atoms with Gasteiger partial charge in [0.15, 0.2) is 0 Å². The Labute approximate surface area is 58.9 Å². The van der Waals surface area contributed by atoms with Crippen LogP contribution in [0.25, 0.3) is 0 Å². The Kier molecular flexibility index (Phi) is 5.65. The maximum atomic E-state index is 7.30. The molecule has 34 valence electrons. The van der Waals surface area contributed by atoms with Crippen LogP contribution in [0.2, 0.25) is 0 Å². The third-order valence-electron chi connectivity index (χ3n) is 0. The Morgan fingerprint density at radius 2 is 1.00 bits per heavy atom. The summed E-state index contributed by atoms with van der Waals surface area (Å²) in [6.45, 7) is 0. The first-order valence-corrected chi connectivity index (χ1v) is 2.40. The summed E-state index contributed by atoms with van der Waals surface area (Å²) >= 11 is 0. The summed E-state index contributed by atoms with van der Waals surface area (Å²) in [6, 6.07) is 0. The van der Waals surface area contributed by atoms with Gasteiger partial charge in [0.1, 0.15) is 0 Å². The molecule has 4 N–H and O–H groups in total. The first-order valence-electron chi connectivity index (χ1n) is 0.800. The van der Waals surface area contributed by atoms with Gasteiger partial charge in [-0.2, -0.15) is 19.6 Å². The van der Waals surface area contributed by atoms with Crippen molar-refractivity contribution in [2.24, 2.45) is 0 Å². The van der Waals surface area contributed by atoms with Crippen molar-refractivity contribution in [2.75, 3.05) is 0 Å². The predicted octanol–water partition coefficient (Wildman–Crippen LogP) is -4.25. The van der Waals surface area contributed by atoms with Gasteiger partial charge in [0, 0.05) is 0 Å². The fraction of sp³-hybridized carbons (Fsp3) is 0. The van der Waals surface area contributed by atoms with E-state index in [9.17, 15) is 0 Å². The average Bonchev–Trinajstić information content (AvgIpc) is 0.722. The Morgan fingerprint density at radius 3 is 1.00 bits per heavy atom. The van der Waals surface area contributed by atoms with Gasteiger partial charge in [0.2, 0.25) is 0 Å². The van der Waals surface area contributed by atoms with Gasteiger partial charge in [-0.25, -0.2) is 0 Å². The van der Waals surface area contributed by atoms with Crippen molar-refractivity contribution in [3.05, 3.63) is 0 Å². The molecule has 0 amide bonds. The molecule has 0 aliphatic rings. The van der Waals surface area contributed by atoms with E-state index in [2.05, 4.69) is 0 Å². The fourth-order valence-electron chi connectivity index (χ4n) is 0. The quantitative estimate of drug-likeness (QED) is 0.194. The van der Waals surface area contributed by atoms with E-state index in [-0.39, 0.29) is 31.0 Å². The minimum Gasteiger partial charge on any atom is -1.00 e. The zero-order valence-corrected chi connectivity index (χ0v) is 6.13. The van der Waals surface area contributed by atoms with Crippen molar-refractivity contribution in [3.63, 3.8) is 0 Å². The zero-order chi connectivity index (χ0) is 4.50. The van der Waals surface area contributed by atoms with E-state index in [0.717, 1.165) is 0 Å². The summed E-state index contributed by atoms with van der Waals surface area (Å²) in [5.41, 5.74) is 0. The van der Waals surface area contributed by atoms with Crippen LogP contribution in [-0.2, 0) is 0 Å². The smallest absolute Gasteiger partial charge is 1.00 e. The largest absolute Gasteiger partial charge is 1.00 e. The summed E-state index contributed by atoms with van der Waals surface area (Å²) in [7, 11) is -4.39. The Hall–Kier alpha value is 1.27. The third-order valence-corrected chi connectivity index (χ3v) is 0. The van der Waals surface area contributed by atoms with Crippen LogP contribution in [0, 0.1) is 0 Å². The zero-order valence-electron chi connectivity index (χ0n) is 4.24. The molecule has 4 nitrogen and oxygen atoms in total. The second kappa shape index (κ2) is 3.29. The summed E-state index contributed by atoms with van der Waals surface area (Å²) < 4.78 is 0. The molecule has 0 rings (SSSR count). The molecule has 0 aromatic heterocycles. The van der Waals surface area contributed by atoms with Crippen LogP contribution < -0.4 is 29.6 Å². The standard InChI is InChI=1S/Na.H4O4P.H/c;1-5(2,3)4;/h;1-4H;/q2*+1;-1. The molecule has 0 saturated carbocycles. The number of rotatable bonds is 0. The fourth-order valence-corrected chi connectivity index (χ4v) is 0. The molecule has 0 spiro atoms. The Morgan fingerprint density at radius 1 is 1.00 bits per heavy atom. The molecule has 0 saturated heterocycles. The van der Waals surface area contributed by atoms with Crippen LogP contribution in [0.3, 0.4) is 0 Å². The van der Waals surface area contributed by atoms with Gasteiger partial charge in [-0.1, -0.05) is 0 Å². The minimum atomic E-state index is -4.39. The molecule has 6 heavy (non-hydrogen) atoms. The molecular formula is H5NaO4P+. The average molecular weight is 123 g/mol. The van der Waals surface area contributed by atoms with Crippen molar-refractivity contribution in [1.29, 1.82) is 0 Å². The summed E-state index contributed by atoms with van der Waals surface area (Å²) in [6.07, 6.45) is 0. The van der Waals surface area contributed by atoms with Crippen molar-refractivity contribution in [3.8, 4) is 0 Å². The Bertz CT molecular complexity index is 27.2. The molecule has 6 heteroatoms. The van der Waals surface area contributed by atoms with Gasteiger partial charge in [-0.05, 0) is 0 Å². The SMILES string of the molecule is O[P+](O)(O)O.[H-].[Na+]. The number of hydrogen-bond acceptors (Lipinski definition) is 4. The van der Waals surface area contributed by atoms with E-state index in [1.165, 1.54) is 0 Å². The molecule has 0 bridgehead atoms. The minimum absolute atomic E-state index is 0. The maximum Gasteiger partial charge on any atom is 1.00 e. The van der Waals surface area contributed by atoms with Gasteiger partial charge < -0.3 is 1.43 Å². The molecule has 0 aliphatic carbocycles. The van der Waals surface area contributed by atoms with Crippen molar-refractivity contribution >= 4 is 8.17 Å². The van der Waals surface area contributed by atoms with Gasteiger partial charge in [-0.3, -0.25) is 0 Å². The number of hydrogen-bond donors (Lipinski definition) is 4. The van der Waals surface area contributed by atoms with E-state index in [4.69, 9.17) is 19.6 Å². The van der Waals surface area contributed by atoms with E-state index in [0.29, 0.717) is 0 Å². The normalized spacial score (nSPS) is 10.0. The maximum absolute atomic E-state index is 7.30. The van der Waals surface area contributed by atoms with Crippen molar-refractivity contribution < 1.29 is 50.6 Å². The van der Waals surface area contributed by atoms with Gasteiger partial charge >= 0.3 is 37.7 Å². The van der Waals surface area contributed by atoms with Crippen LogP contribution >= 0.6 is 8.17 Å². The van der Waals surface area contributed by atoms with Crippen LogP contribution in [0.15, 0.2) is 0 Å². The van der Waals surface area contributed by atoms with E-state index < -0.39 is 8.17 Å². The molecular weight excluding hydrogens is 118 g/mol. The van der Waals surface area contributed by atoms with Gasteiger partial charge in [0.05, 0.1) is 0 Å². The molecule has 0 aromatic carbocycles. The molecule has 0 aromatic rings. The molecule has 0 unspecified atom stereocenters. The first kappa shape index (κ1) is 10.3. The van der Waals surface area contributed by atoms with Crippen molar-refractivity contribution in [2.45, 2.75) is 0 Å². The second-order valence-electron chi connectivity index (χ2n) is 0.537. The van der Waals surface area contributed by atoms with Gasteiger partial charge in [-0.15, -0.1) is 0 Å². The molecule has 0 atom stereocenters. The monoisotopic (exact) mass is 123 g/mol. The Balaban J connectivity index is -0.0000000800. The summed E-state index contributed by atoms with van der Waals surface area (Å²) in [5.74, 6) is 0. The topological polar surface area (TPSA) is 80.9 Å². The molecule has 0 heterocycles. The first-order chi connectivity index (χ1) is 2.00. The second-order valence-corrected chi connectivity index (χ2v) is 1.61. The van der Waals surface area contributed by atoms with Crippen LogP contribution in [0.4, 0.5) is 0 Å². The van der Waals surface area contributed by atoms with E-state index in [1.807, 2.05) is 0 Å². The molecule has 0 fully saturated rings. The van der Waals surface area contributed by atoms with Crippen LogP contribution in [0.5, 0.6) is 0 Å².